The molecule has 0 saturated heterocycles. The Kier molecular flexibility index (Phi) is 9.18. The fourth-order valence-electron chi connectivity index (χ4n) is 2.98. The number of carbonyl (C=O) groups is 2. The number of halogens is 2. The Labute approximate surface area is 191 Å². The van der Waals surface area contributed by atoms with E-state index in [-0.39, 0.29) is 18.4 Å². The summed E-state index contributed by atoms with van der Waals surface area (Å²) in [6.45, 7) is 8.36. The van der Waals surface area contributed by atoms with Gasteiger partial charge < -0.3 is 15.0 Å². The van der Waals surface area contributed by atoms with Gasteiger partial charge in [0.15, 0.2) is 6.61 Å². The fourth-order valence-corrected chi connectivity index (χ4v) is 3.34. The highest BCUT2D eigenvalue weighted by Crippen LogP contribution is 2.26. The minimum Gasteiger partial charge on any atom is -0.484 e. The molecule has 2 rings (SSSR count). The molecule has 2 aromatic carbocycles. The first-order chi connectivity index (χ1) is 14.2. The third kappa shape index (κ3) is 6.74. The molecule has 0 spiro atoms. The molecule has 0 aliphatic rings. The van der Waals surface area contributed by atoms with E-state index in [4.69, 9.17) is 16.3 Å². The summed E-state index contributed by atoms with van der Waals surface area (Å²) in [7, 11) is 0. The highest BCUT2D eigenvalue weighted by Gasteiger charge is 2.26. The summed E-state index contributed by atoms with van der Waals surface area (Å²) in [4.78, 5) is 27.1. The van der Waals surface area contributed by atoms with Gasteiger partial charge in [-0.2, -0.15) is 0 Å². The molecule has 1 atom stereocenters. The summed E-state index contributed by atoms with van der Waals surface area (Å²) in [5.74, 6) is 0.174. The third-order valence-corrected chi connectivity index (χ3v) is 6.26. The van der Waals surface area contributed by atoms with Crippen molar-refractivity contribution in [1.29, 1.82) is 0 Å². The predicted octanol–water partition coefficient (Wildman–Crippen LogP) is 5.04. The Morgan fingerprint density at radius 3 is 2.33 bits per heavy atom. The summed E-state index contributed by atoms with van der Waals surface area (Å²) >= 11 is 9.50. The first-order valence-corrected chi connectivity index (χ1v) is 11.1. The van der Waals surface area contributed by atoms with Gasteiger partial charge in [0.2, 0.25) is 5.91 Å². The molecule has 0 aliphatic carbocycles. The topological polar surface area (TPSA) is 58.6 Å². The number of amides is 2. The zero-order chi connectivity index (χ0) is 22.3. The molecule has 0 heterocycles. The van der Waals surface area contributed by atoms with Crippen LogP contribution in [0.5, 0.6) is 5.75 Å². The lowest BCUT2D eigenvalue weighted by Gasteiger charge is -2.28. The second kappa shape index (κ2) is 11.4. The summed E-state index contributed by atoms with van der Waals surface area (Å²) < 4.78 is 6.79. The van der Waals surface area contributed by atoms with Crippen molar-refractivity contribution < 1.29 is 14.3 Å². The summed E-state index contributed by atoms with van der Waals surface area (Å²) in [5.41, 5.74) is 2.95. The number of hydrogen-bond donors (Lipinski definition) is 1. The van der Waals surface area contributed by atoms with Crippen LogP contribution < -0.4 is 10.1 Å². The molecule has 30 heavy (non-hydrogen) atoms. The molecule has 2 amide bonds. The number of aryl methyl sites for hydroxylation is 2. The van der Waals surface area contributed by atoms with Gasteiger partial charge in [-0.05, 0) is 68.1 Å². The number of hydrogen-bond acceptors (Lipinski definition) is 3. The van der Waals surface area contributed by atoms with Gasteiger partial charge in [-0.1, -0.05) is 46.6 Å². The Bertz CT molecular complexity index is 864. The molecule has 0 saturated carbocycles. The lowest BCUT2D eigenvalue weighted by molar-refractivity contribution is -0.142. The second-order valence-electron chi connectivity index (χ2n) is 7.27. The van der Waals surface area contributed by atoms with E-state index in [0.29, 0.717) is 23.9 Å². The fraction of sp³-hybridized carbons (Fsp3) is 0.391. The normalized spacial score (nSPS) is 11.7. The molecule has 2 aromatic rings. The van der Waals surface area contributed by atoms with E-state index >= 15 is 0 Å². The average molecular weight is 496 g/mol. The molecular weight excluding hydrogens is 468 g/mol. The third-order valence-electron chi connectivity index (χ3n) is 4.75. The molecule has 0 aromatic heterocycles. The molecule has 0 bridgehead atoms. The molecule has 1 N–H and O–H groups in total. The number of nitrogens with one attached hydrogen (secondary N) is 1. The van der Waals surface area contributed by atoms with Gasteiger partial charge >= 0.3 is 0 Å². The molecule has 7 heteroatoms. The Morgan fingerprint density at radius 2 is 1.77 bits per heavy atom. The van der Waals surface area contributed by atoms with E-state index in [1.165, 1.54) is 4.90 Å². The quantitative estimate of drug-likeness (QED) is 0.530. The van der Waals surface area contributed by atoms with Gasteiger partial charge in [-0.25, -0.2) is 0 Å². The van der Waals surface area contributed by atoms with Crippen molar-refractivity contribution in [2.24, 2.45) is 0 Å². The molecule has 0 fully saturated rings. The summed E-state index contributed by atoms with van der Waals surface area (Å²) in [5, 5.41) is 3.48. The molecule has 5 nitrogen and oxygen atoms in total. The van der Waals surface area contributed by atoms with E-state index in [0.717, 1.165) is 27.6 Å². The minimum atomic E-state index is -0.628. The van der Waals surface area contributed by atoms with Crippen molar-refractivity contribution in [3.63, 3.8) is 0 Å². The van der Waals surface area contributed by atoms with Crippen molar-refractivity contribution in [2.45, 2.75) is 46.7 Å². The number of ether oxygens (including phenoxy) is 1. The van der Waals surface area contributed by atoms with Crippen molar-refractivity contribution in [3.8, 4) is 5.75 Å². The maximum absolute atomic E-state index is 13.0. The molecule has 0 aliphatic heterocycles. The molecule has 0 radical (unpaired) electrons. The highest BCUT2D eigenvalue weighted by molar-refractivity contribution is 9.10. The molecule has 1 unspecified atom stereocenters. The lowest BCUT2D eigenvalue weighted by atomic mass is 10.1. The van der Waals surface area contributed by atoms with Gasteiger partial charge in [-0.15, -0.1) is 0 Å². The van der Waals surface area contributed by atoms with Gasteiger partial charge in [0, 0.05) is 22.6 Å². The zero-order valence-electron chi connectivity index (χ0n) is 17.8. The monoisotopic (exact) mass is 494 g/mol. The van der Waals surface area contributed by atoms with E-state index in [9.17, 15) is 9.59 Å². The number of rotatable bonds is 9. The predicted molar refractivity (Wildman–Crippen MR) is 124 cm³/mol. The van der Waals surface area contributed by atoms with Crippen molar-refractivity contribution in [2.75, 3.05) is 13.2 Å². The minimum absolute atomic E-state index is 0.153. The van der Waals surface area contributed by atoms with E-state index < -0.39 is 6.04 Å². The highest BCUT2D eigenvalue weighted by atomic mass is 79.9. The lowest BCUT2D eigenvalue weighted by Crippen LogP contribution is -2.49. The van der Waals surface area contributed by atoms with Crippen LogP contribution in [-0.4, -0.2) is 35.9 Å². The Hall–Kier alpha value is -2.05. The maximum atomic E-state index is 13.0. The zero-order valence-corrected chi connectivity index (χ0v) is 20.1. The van der Waals surface area contributed by atoms with Gasteiger partial charge in [0.05, 0.1) is 0 Å². The van der Waals surface area contributed by atoms with Gasteiger partial charge in [0.25, 0.3) is 5.91 Å². The van der Waals surface area contributed by atoms with E-state index in [1.807, 2.05) is 45.0 Å². The SMILES string of the molecule is CCCNC(=O)C(C)N(Cc1ccc(Cl)cc1)C(=O)COc1cc(C)c(Br)c(C)c1. The van der Waals surface area contributed by atoms with Crippen LogP contribution in [0.15, 0.2) is 40.9 Å². The number of benzene rings is 2. The van der Waals surface area contributed by atoms with Crippen LogP contribution in [0.3, 0.4) is 0 Å². The van der Waals surface area contributed by atoms with Crippen LogP contribution in [0.2, 0.25) is 5.02 Å². The van der Waals surface area contributed by atoms with Crippen LogP contribution in [0.25, 0.3) is 0 Å². The average Bonchev–Trinajstić information content (AvgIpc) is 2.73. The van der Waals surface area contributed by atoms with E-state index in [1.54, 1.807) is 19.1 Å². The molecular formula is C23H28BrClN2O3. The first kappa shape index (κ1) is 24.2. The second-order valence-corrected chi connectivity index (χ2v) is 8.50. The van der Waals surface area contributed by atoms with Crippen LogP contribution in [-0.2, 0) is 16.1 Å². The van der Waals surface area contributed by atoms with Gasteiger partial charge in [-0.3, -0.25) is 9.59 Å². The summed E-state index contributed by atoms with van der Waals surface area (Å²) in [6.07, 6.45) is 0.828. The van der Waals surface area contributed by atoms with Crippen LogP contribution in [0, 0.1) is 13.8 Å². The first-order valence-electron chi connectivity index (χ1n) is 9.94. The van der Waals surface area contributed by atoms with E-state index in [2.05, 4.69) is 21.2 Å². The van der Waals surface area contributed by atoms with Crippen molar-refractivity contribution in [1.82, 2.24) is 10.2 Å². The van der Waals surface area contributed by atoms with Crippen molar-refractivity contribution in [3.05, 3.63) is 62.6 Å². The standard InChI is InChI=1S/C23H28BrClN2O3/c1-5-10-26-23(29)17(4)27(13-18-6-8-19(25)9-7-18)21(28)14-30-20-11-15(2)22(24)16(3)12-20/h6-9,11-12,17H,5,10,13-14H2,1-4H3,(H,26,29). The summed E-state index contributed by atoms with van der Waals surface area (Å²) in [6, 6.07) is 10.4. The van der Waals surface area contributed by atoms with Crippen LogP contribution >= 0.6 is 27.5 Å². The number of nitrogens with zero attached hydrogens (tertiary/aromatic N) is 1. The number of carbonyl (C=O) groups excluding carboxylic acids is 2. The Morgan fingerprint density at radius 1 is 1.17 bits per heavy atom. The maximum Gasteiger partial charge on any atom is 0.261 e. The van der Waals surface area contributed by atoms with Crippen LogP contribution in [0.1, 0.15) is 37.0 Å². The molecule has 162 valence electrons. The Balaban J connectivity index is 2.16. The largest absolute Gasteiger partial charge is 0.484 e. The smallest absolute Gasteiger partial charge is 0.261 e. The van der Waals surface area contributed by atoms with Crippen molar-refractivity contribution >= 4 is 39.3 Å². The van der Waals surface area contributed by atoms with Gasteiger partial charge in [0.1, 0.15) is 11.8 Å². The van der Waals surface area contributed by atoms with Crippen LogP contribution in [0.4, 0.5) is 0 Å².